The van der Waals surface area contributed by atoms with Crippen molar-refractivity contribution in [3.63, 3.8) is 0 Å². The lowest BCUT2D eigenvalue weighted by Gasteiger charge is -2.41. The monoisotopic (exact) mass is 442 g/mol. The maximum Gasteiger partial charge on any atom is 0.330 e. The number of rotatable bonds is 10. The second-order valence-electron chi connectivity index (χ2n) is 10.9. The van der Waals surface area contributed by atoms with Crippen molar-refractivity contribution < 1.29 is 18.4 Å². The first-order valence-electron chi connectivity index (χ1n) is 10.7. The SMILES string of the molecule is COC(=O)/C=C/C=C/[C@@H](C)[C@H](CCO[Si](C)(C)C(C)(C)C)O[Si](C)(C)C(C)(C)C. The van der Waals surface area contributed by atoms with Crippen LogP contribution in [-0.4, -0.2) is 42.4 Å². The average molecular weight is 443 g/mol. The minimum Gasteiger partial charge on any atom is -0.466 e. The lowest BCUT2D eigenvalue weighted by atomic mass is 10.0. The molecule has 0 saturated heterocycles. The Labute approximate surface area is 182 Å². The van der Waals surface area contributed by atoms with Gasteiger partial charge in [0.2, 0.25) is 0 Å². The second kappa shape index (κ2) is 11.1. The number of esters is 1. The first-order chi connectivity index (χ1) is 12.9. The van der Waals surface area contributed by atoms with Gasteiger partial charge in [-0.1, -0.05) is 66.7 Å². The molecule has 0 unspecified atom stereocenters. The summed E-state index contributed by atoms with van der Waals surface area (Å²) in [5, 5.41) is 0.354. The van der Waals surface area contributed by atoms with E-state index in [4.69, 9.17) is 8.85 Å². The molecule has 29 heavy (non-hydrogen) atoms. The lowest BCUT2D eigenvalue weighted by Crippen LogP contribution is -2.46. The molecular weight excluding hydrogens is 396 g/mol. The largest absolute Gasteiger partial charge is 0.466 e. The molecule has 0 spiro atoms. The summed E-state index contributed by atoms with van der Waals surface area (Å²) < 4.78 is 17.8. The molecule has 0 N–H and O–H groups in total. The standard InChI is InChI=1S/C23H46O4Si2/c1-19(15-13-14-16-21(24)25-8)20(27-29(11,12)23(5,6)7)17-18-26-28(9,10)22(2,3)4/h13-16,19-20H,17-18H2,1-12H3/b15-13+,16-14+/t19-,20+/m1/s1. The quantitative estimate of drug-likeness (QED) is 0.163. The number of carbonyl (C=O) groups excluding carboxylic acids is 1. The van der Waals surface area contributed by atoms with E-state index in [1.807, 2.05) is 6.08 Å². The first kappa shape index (κ1) is 28.3. The van der Waals surface area contributed by atoms with Crippen LogP contribution in [0.2, 0.25) is 36.3 Å². The normalized spacial score (nSPS) is 16.4. The third kappa shape index (κ3) is 9.77. The van der Waals surface area contributed by atoms with Crippen molar-refractivity contribution in [2.75, 3.05) is 13.7 Å². The topological polar surface area (TPSA) is 44.8 Å². The van der Waals surface area contributed by atoms with E-state index in [0.29, 0.717) is 6.61 Å². The van der Waals surface area contributed by atoms with Crippen molar-refractivity contribution in [1.29, 1.82) is 0 Å². The number of carbonyl (C=O) groups is 1. The van der Waals surface area contributed by atoms with Gasteiger partial charge < -0.3 is 13.6 Å². The Balaban J connectivity index is 5.28. The highest BCUT2D eigenvalue weighted by molar-refractivity contribution is 6.74. The smallest absolute Gasteiger partial charge is 0.330 e. The van der Waals surface area contributed by atoms with Crippen LogP contribution in [0.5, 0.6) is 0 Å². The van der Waals surface area contributed by atoms with E-state index in [1.54, 1.807) is 6.08 Å². The molecule has 170 valence electrons. The molecule has 6 heteroatoms. The zero-order valence-electron chi connectivity index (χ0n) is 21.0. The summed E-state index contributed by atoms with van der Waals surface area (Å²) in [6.07, 6.45) is 8.10. The van der Waals surface area contributed by atoms with Crippen LogP contribution in [0, 0.1) is 5.92 Å². The molecule has 0 heterocycles. The summed E-state index contributed by atoms with van der Waals surface area (Å²) in [4.78, 5) is 11.2. The number of methoxy groups -OCH3 is 1. The van der Waals surface area contributed by atoms with E-state index < -0.39 is 16.6 Å². The van der Waals surface area contributed by atoms with Crippen LogP contribution >= 0.6 is 0 Å². The fourth-order valence-electron chi connectivity index (χ4n) is 2.20. The lowest BCUT2D eigenvalue weighted by molar-refractivity contribution is -0.134. The highest BCUT2D eigenvalue weighted by Gasteiger charge is 2.40. The molecule has 0 radical (unpaired) electrons. The van der Waals surface area contributed by atoms with Gasteiger partial charge in [0.15, 0.2) is 16.6 Å². The van der Waals surface area contributed by atoms with E-state index in [2.05, 4.69) is 85.5 Å². The van der Waals surface area contributed by atoms with Crippen molar-refractivity contribution in [3.05, 3.63) is 24.3 Å². The summed E-state index contributed by atoms with van der Waals surface area (Å²) >= 11 is 0. The molecule has 0 aliphatic carbocycles. The Morgan fingerprint density at radius 3 is 1.90 bits per heavy atom. The van der Waals surface area contributed by atoms with Crippen molar-refractivity contribution in [2.45, 2.75) is 97.3 Å². The summed E-state index contributed by atoms with van der Waals surface area (Å²) in [5.74, 6) is -0.131. The third-order valence-electron chi connectivity index (χ3n) is 6.47. The van der Waals surface area contributed by atoms with Crippen LogP contribution < -0.4 is 0 Å². The molecule has 0 amide bonds. The van der Waals surface area contributed by atoms with Crippen molar-refractivity contribution in [2.24, 2.45) is 5.92 Å². The molecular formula is C23H46O4Si2. The molecule has 0 aromatic carbocycles. The van der Waals surface area contributed by atoms with Gasteiger partial charge >= 0.3 is 5.97 Å². The maximum atomic E-state index is 11.2. The fraction of sp³-hybridized carbons (Fsp3) is 0.783. The molecule has 4 nitrogen and oxygen atoms in total. The Bertz CT molecular complexity index is 566. The Hall–Kier alpha value is -0.696. The van der Waals surface area contributed by atoms with E-state index in [0.717, 1.165) is 6.42 Å². The van der Waals surface area contributed by atoms with Gasteiger partial charge in [0, 0.05) is 12.7 Å². The number of ether oxygens (including phenoxy) is 1. The predicted molar refractivity (Wildman–Crippen MR) is 129 cm³/mol. The zero-order valence-corrected chi connectivity index (χ0v) is 23.0. The van der Waals surface area contributed by atoms with Crippen molar-refractivity contribution in [1.82, 2.24) is 0 Å². The molecule has 0 bridgehead atoms. The molecule has 0 fully saturated rings. The minimum atomic E-state index is -1.90. The van der Waals surface area contributed by atoms with E-state index in [9.17, 15) is 4.79 Å². The minimum absolute atomic E-state index is 0.0865. The predicted octanol–water partition coefficient (Wildman–Crippen LogP) is 6.71. The summed E-state index contributed by atoms with van der Waals surface area (Å²) in [7, 11) is -2.30. The highest BCUT2D eigenvalue weighted by Crippen LogP contribution is 2.39. The van der Waals surface area contributed by atoms with Crippen LogP contribution in [0.1, 0.15) is 54.9 Å². The molecule has 0 aromatic rings. The van der Waals surface area contributed by atoms with Gasteiger partial charge in [-0.2, -0.15) is 0 Å². The van der Waals surface area contributed by atoms with Crippen LogP contribution in [0.25, 0.3) is 0 Å². The Morgan fingerprint density at radius 1 is 0.931 bits per heavy atom. The van der Waals surface area contributed by atoms with Crippen molar-refractivity contribution in [3.8, 4) is 0 Å². The molecule has 0 aromatic heterocycles. The van der Waals surface area contributed by atoms with E-state index in [-0.39, 0.29) is 28.1 Å². The van der Waals surface area contributed by atoms with Gasteiger partial charge in [-0.3, -0.25) is 0 Å². The zero-order chi connectivity index (χ0) is 23.1. The summed E-state index contributed by atoms with van der Waals surface area (Å²) in [6, 6.07) is 0. The van der Waals surface area contributed by atoms with Crippen molar-refractivity contribution >= 4 is 22.6 Å². The van der Waals surface area contributed by atoms with Gasteiger partial charge in [-0.25, -0.2) is 4.79 Å². The second-order valence-corrected chi connectivity index (χ2v) is 20.5. The number of hydrogen-bond acceptors (Lipinski definition) is 4. The van der Waals surface area contributed by atoms with Gasteiger partial charge in [-0.05, 0) is 48.6 Å². The van der Waals surface area contributed by atoms with Crippen LogP contribution in [-0.2, 0) is 18.4 Å². The Kier molecular flexibility index (Phi) is 10.8. The Morgan fingerprint density at radius 2 is 1.45 bits per heavy atom. The van der Waals surface area contributed by atoms with E-state index in [1.165, 1.54) is 13.2 Å². The first-order valence-corrected chi connectivity index (χ1v) is 16.5. The number of allylic oxidation sites excluding steroid dienone is 2. The highest BCUT2D eigenvalue weighted by atomic mass is 28.4. The van der Waals surface area contributed by atoms with Gasteiger partial charge in [0.25, 0.3) is 0 Å². The summed E-state index contributed by atoms with van der Waals surface area (Å²) in [6.45, 7) is 25.6. The van der Waals surface area contributed by atoms with Crippen LogP contribution in [0.15, 0.2) is 24.3 Å². The van der Waals surface area contributed by atoms with Crippen LogP contribution in [0.4, 0.5) is 0 Å². The number of hydrogen-bond donors (Lipinski definition) is 0. The molecule has 0 rings (SSSR count). The molecule has 0 aliphatic rings. The van der Waals surface area contributed by atoms with Crippen LogP contribution in [0.3, 0.4) is 0 Å². The van der Waals surface area contributed by atoms with Gasteiger partial charge in [0.05, 0.1) is 13.2 Å². The molecule has 0 aliphatic heterocycles. The van der Waals surface area contributed by atoms with E-state index >= 15 is 0 Å². The fourth-order valence-corrected chi connectivity index (χ4v) is 4.70. The van der Waals surface area contributed by atoms with Gasteiger partial charge in [0.1, 0.15) is 0 Å². The molecule has 0 saturated carbocycles. The molecule has 2 atom stereocenters. The maximum absolute atomic E-state index is 11.2. The van der Waals surface area contributed by atoms with Gasteiger partial charge in [-0.15, -0.1) is 0 Å². The summed E-state index contributed by atoms with van der Waals surface area (Å²) in [5.41, 5.74) is 0. The third-order valence-corrected chi connectivity index (χ3v) is 15.5. The average Bonchev–Trinajstić information content (AvgIpc) is 2.54.